The Balaban J connectivity index is 1.86. The summed E-state index contributed by atoms with van der Waals surface area (Å²) in [6, 6.07) is 1.92. The fourth-order valence-corrected chi connectivity index (χ4v) is 2.23. The van der Waals surface area contributed by atoms with Gasteiger partial charge in [-0.3, -0.25) is 4.79 Å². The molecule has 0 radical (unpaired) electrons. The molecule has 19 heavy (non-hydrogen) atoms. The van der Waals surface area contributed by atoms with Crippen molar-refractivity contribution >= 4 is 11.6 Å². The lowest BCUT2D eigenvalue weighted by atomic mass is 10.1. The van der Waals surface area contributed by atoms with Gasteiger partial charge in [-0.2, -0.15) is 5.10 Å². The fourth-order valence-electron chi connectivity index (χ4n) is 2.23. The number of amides is 1. The largest absolute Gasteiger partial charge is 0.348 e. The van der Waals surface area contributed by atoms with E-state index in [1.54, 1.807) is 16.9 Å². The molecule has 0 aromatic carbocycles. The van der Waals surface area contributed by atoms with Crippen molar-refractivity contribution in [1.29, 1.82) is 0 Å². The Bertz CT molecular complexity index is 617. The van der Waals surface area contributed by atoms with Crippen LogP contribution in [0, 0.1) is 12.8 Å². The molecule has 1 aliphatic carbocycles. The van der Waals surface area contributed by atoms with Crippen LogP contribution in [0.1, 0.15) is 28.9 Å². The molecule has 1 aliphatic rings. The van der Waals surface area contributed by atoms with Gasteiger partial charge in [0.2, 0.25) is 0 Å². The van der Waals surface area contributed by atoms with E-state index >= 15 is 0 Å². The summed E-state index contributed by atoms with van der Waals surface area (Å²) in [6.45, 7) is 2.36. The summed E-state index contributed by atoms with van der Waals surface area (Å²) in [5, 5.41) is 7.12. The van der Waals surface area contributed by atoms with Gasteiger partial charge < -0.3 is 11.1 Å². The van der Waals surface area contributed by atoms with Gasteiger partial charge in [-0.05, 0) is 31.7 Å². The van der Waals surface area contributed by atoms with Gasteiger partial charge in [0.1, 0.15) is 5.56 Å². The molecule has 2 heterocycles. The second-order valence-corrected chi connectivity index (χ2v) is 5.05. The average Bonchev–Trinajstić information content (AvgIpc) is 3.15. The lowest BCUT2D eigenvalue weighted by molar-refractivity contribution is 0.0935. The van der Waals surface area contributed by atoms with Crippen molar-refractivity contribution in [3.8, 4) is 0 Å². The van der Waals surface area contributed by atoms with Gasteiger partial charge in [0.15, 0.2) is 5.65 Å². The molecule has 1 atom stereocenters. The zero-order valence-corrected chi connectivity index (χ0v) is 10.8. The molecule has 1 saturated carbocycles. The molecule has 2 aromatic rings. The van der Waals surface area contributed by atoms with E-state index < -0.39 is 0 Å². The Morgan fingerprint density at radius 3 is 3.11 bits per heavy atom. The number of aryl methyl sites for hydroxylation is 1. The van der Waals surface area contributed by atoms with E-state index in [0.717, 1.165) is 18.5 Å². The van der Waals surface area contributed by atoms with Crippen molar-refractivity contribution in [2.75, 3.05) is 6.54 Å². The van der Waals surface area contributed by atoms with Crippen LogP contribution in [0.3, 0.4) is 0 Å². The molecular weight excluding hydrogens is 242 g/mol. The van der Waals surface area contributed by atoms with Crippen LogP contribution in [0.25, 0.3) is 5.65 Å². The maximum Gasteiger partial charge on any atom is 0.257 e. The van der Waals surface area contributed by atoms with Crippen molar-refractivity contribution < 1.29 is 4.79 Å². The summed E-state index contributed by atoms with van der Waals surface area (Å²) in [5.74, 6) is 0.390. The van der Waals surface area contributed by atoms with Crippen LogP contribution >= 0.6 is 0 Å². The first kappa shape index (κ1) is 12.1. The van der Waals surface area contributed by atoms with Gasteiger partial charge in [-0.1, -0.05) is 0 Å². The molecule has 2 aromatic heterocycles. The topological polar surface area (TPSA) is 85.3 Å². The number of aromatic nitrogens is 3. The highest BCUT2D eigenvalue weighted by Crippen LogP contribution is 2.32. The number of nitrogens with two attached hydrogens (primary N) is 1. The number of carbonyl (C=O) groups excluding carboxylic acids is 1. The van der Waals surface area contributed by atoms with E-state index in [2.05, 4.69) is 15.4 Å². The Labute approximate surface area is 111 Å². The Morgan fingerprint density at radius 2 is 2.42 bits per heavy atom. The Kier molecular flexibility index (Phi) is 2.94. The van der Waals surface area contributed by atoms with Gasteiger partial charge in [-0.25, -0.2) is 9.50 Å². The summed E-state index contributed by atoms with van der Waals surface area (Å²) in [7, 11) is 0. The number of hydrogen-bond acceptors (Lipinski definition) is 4. The van der Waals surface area contributed by atoms with E-state index in [-0.39, 0.29) is 11.9 Å². The molecule has 1 amide bonds. The van der Waals surface area contributed by atoms with Gasteiger partial charge in [0, 0.05) is 24.5 Å². The summed E-state index contributed by atoms with van der Waals surface area (Å²) in [5.41, 5.74) is 7.65. The second-order valence-electron chi connectivity index (χ2n) is 5.05. The Morgan fingerprint density at radius 1 is 1.63 bits per heavy atom. The summed E-state index contributed by atoms with van der Waals surface area (Å²) in [6.07, 6.45) is 5.65. The lowest BCUT2D eigenvalue weighted by Crippen LogP contribution is -2.41. The number of nitrogens with zero attached hydrogens (tertiary/aromatic N) is 3. The Hall–Kier alpha value is -1.95. The van der Waals surface area contributed by atoms with Crippen LogP contribution < -0.4 is 11.1 Å². The zero-order chi connectivity index (χ0) is 13.4. The lowest BCUT2D eigenvalue weighted by Gasteiger charge is -2.15. The van der Waals surface area contributed by atoms with E-state index in [0.29, 0.717) is 23.7 Å². The second kappa shape index (κ2) is 4.62. The number of rotatable bonds is 4. The molecule has 0 spiro atoms. The van der Waals surface area contributed by atoms with Crippen LogP contribution in [0.4, 0.5) is 0 Å². The average molecular weight is 259 g/mol. The van der Waals surface area contributed by atoms with Gasteiger partial charge in [0.05, 0.1) is 6.20 Å². The standard InChI is InChI=1S/C13H17N5O/c1-8-4-5-18-12(16-8)10(7-15-18)13(19)17-11(6-14)9-2-3-9/h4-5,7,9,11H,2-3,6,14H2,1H3,(H,17,19). The molecule has 1 unspecified atom stereocenters. The van der Waals surface area contributed by atoms with Crippen molar-refractivity contribution in [2.45, 2.75) is 25.8 Å². The highest BCUT2D eigenvalue weighted by Gasteiger charge is 2.31. The molecule has 100 valence electrons. The predicted octanol–water partition coefficient (Wildman–Crippen LogP) is 0.505. The zero-order valence-electron chi connectivity index (χ0n) is 10.8. The van der Waals surface area contributed by atoms with E-state index in [4.69, 9.17) is 5.73 Å². The number of fused-ring (bicyclic) bond motifs is 1. The molecule has 0 saturated heterocycles. The third-order valence-corrected chi connectivity index (χ3v) is 3.51. The minimum Gasteiger partial charge on any atom is -0.348 e. The normalized spacial score (nSPS) is 16.5. The molecule has 0 bridgehead atoms. The maximum absolute atomic E-state index is 12.3. The van der Waals surface area contributed by atoms with Crippen molar-refractivity contribution in [3.63, 3.8) is 0 Å². The third kappa shape index (κ3) is 2.31. The van der Waals surface area contributed by atoms with Gasteiger partial charge in [0.25, 0.3) is 5.91 Å². The number of carbonyl (C=O) groups is 1. The number of nitrogens with one attached hydrogen (secondary N) is 1. The molecule has 0 aliphatic heterocycles. The third-order valence-electron chi connectivity index (χ3n) is 3.51. The smallest absolute Gasteiger partial charge is 0.257 e. The highest BCUT2D eigenvalue weighted by molar-refractivity contribution is 5.99. The monoisotopic (exact) mass is 259 g/mol. The first-order chi connectivity index (χ1) is 9.19. The molecule has 3 N–H and O–H groups in total. The van der Waals surface area contributed by atoms with Crippen molar-refractivity contribution in [3.05, 3.63) is 29.7 Å². The summed E-state index contributed by atoms with van der Waals surface area (Å²) < 4.78 is 1.61. The molecule has 3 rings (SSSR count). The number of hydrogen-bond donors (Lipinski definition) is 2. The van der Waals surface area contributed by atoms with E-state index in [1.807, 2.05) is 13.0 Å². The summed E-state index contributed by atoms with van der Waals surface area (Å²) in [4.78, 5) is 16.6. The maximum atomic E-state index is 12.3. The van der Waals surface area contributed by atoms with Crippen LogP contribution in [0.15, 0.2) is 18.5 Å². The van der Waals surface area contributed by atoms with Crippen LogP contribution in [0.2, 0.25) is 0 Å². The SMILES string of the molecule is Cc1ccn2ncc(C(=O)NC(CN)C3CC3)c2n1. The van der Waals surface area contributed by atoms with Crippen LogP contribution in [-0.4, -0.2) is 33.1 Å². The van der Waals surface area contributed by atoms with Crippen molar-refractivity contribution in [1.82, 2.24) is 19.9 Å². The minimum atomic E-state index is -0.143. The van der Waals surface area contributed by atoms with E-state index in [1.165, 1.54) is 0 Å². The highest BCUT2D eigenvalue weighted by atomic mass is 16.1. The van der Waals surface area contributed by atoms with Crippen LogP contribution in [-0.2, 0) is 0 Å². The minimum absolute atomic E-state index is 0.0623. The predicted molar refractivity (Wildman–Crippen MR) is 70.8 cm³/mol. The van der Waals surface area contributed by atoms with Gasteiger partial charge in [-0.15, -0.1) is 0 Å². The quantitative estimate of drug-likeness (QED) is 0.837. The van der Waals surface area contributed by atoms with E-state index in [9.17, 15) is 4.79 Å². The molecule has 6 nitrogen and oxygen atoms in total. The molecule has 6 heteroatoms. The first-order valence-electron chi connectivity index (χ1n) is 6.51. The van der Waals surface area contributed by atoms with Gasteiger partial charge >= 0.3 is 0 Å². The molecule has 1 fully saturated rings. The fraction of sp³-hybridized carbons (Fsp3) is 0.462. The van der Waals surface area contributed by atoms with Crippen molar-refractivity contribution in [2.24, 2.45) is 11.7 Å². The first-order valence-corrected chi connectivity index (χ1v) is 6.51. The molecular formula is C13H17N5O. The summed E-state index contributed by atoms with van der Waals surface area (Å²) >= 11 is 0. The van der Waals surface area contributed by atoms with Crippen LogP contribution in [0.5, 0.6) is 0 Å².